The standard InChI is InChI=1S/C14H22FNO/c1-4-11(3)9-16(5-2)10-12-6-13(15)8-14(17)7-12/h6-8,11,17H,4-5,9-10H2,1-3H3. The van der Waals surface area contributed by atoms with Crippen LogP contribution in [0.4, 0.5) is 4.39 Å². The predicted molar refractivity (Wildman–Crippen MR) is 68.5 cm³/mol. The molecule has 0 aliphatic rings. The van der Waals surface area contributed by atoms with Crippen molar-refractivity contribution in [2.24, 2.45) is 5.92 Å². The summed E-state index contributed by atoms with van der Waals surface area (Å²) in [6.07, 6.45) is 1.14. The van der Waals surface area contributed by atoms with E-state index in [-0.39, 0.29) is 11.6 Å². The van der Waals surface area contributed by atoms with E-state index in [4.69, 9.17) is 0 Å². The number of phenols is 1. The molecule has 0 amide bonds. The molecule has 2 nitrogen and oxygen atoms in total. The summed E-state index contributed by atoms with van der Waals surface area (Å²) in [5.74, 6) is 0.260. The summed E-state index contributed by atoms with van der Waals surface area (Å²) in [6.45, 7) is 9.11. The Balaban J connectivity index is 2.66. The van der Waals surface area contributed by atoms with Gasteiger partial charge >= 0.3 is 0 Å². The summed E-state index contributed by atoms with van der Waals surface area (Å²) in [4.78, 5) is 2.27. The van der Waals surface area contributed by atoms with Crippen molar-refractivity contribution in [3.8, 4) is 5.75 Å². The number of benzene rings is 1. The van der Waals surface area contributed by atoms with E-state index < -0.39 is 0 Å². The quantitative estimate of drug-likeness (QED) is 0.822. The van der Waals surface area contributed by atoms with E-state index in [9.17, 15) is 9.50 Å². The van der Waals surface area contributed by atoms with Crippen LogP contribution in [-0.2, 0) is 6.54 Å². The van der Waals surface area contributed by atoms with Crippen molar-refractivity contribution >= 4 is 0 Å². The van der Waals surface area contributed by atoms with Crippen molar-refractivity contribution < 1.29 is 9.50 Å². The number of nitrogens with zero attached hydrogens (tertiary/aromatic N) is 1. The molecule has 96 valence electrons. The van der Waals surface area contributed by atoms with Crippen LogP contribution >= 0.6 is 0 Å². The summed E-state index contributed by atoms with van der Waals surface area (Å²) >= 11 is 0. The highest BCUT2D eigenvalue weighted by Gasteiger charge is 2.09. The van der Waals surface area contributed by atoms with Crippen molar-refractivity contribution in [1.29, 1.82) is 0 Å². The molecule has 1 aromatic carbocycles. The first-order valence-corrected chi connectivity index (χ1v) is 6.25. The van der Waals surface area contributed by atoms with Crippen molar-refractivity contribution in [3.05, 3.63) is 29.6 Å². The summed E-state index contributed by atoms with van der Waals surface area (Å²) in [7, 11) is 0. The molecular formula is C14H22FNO. The van der Waals surface area contributed by atoms with E-state index in [0.29, 0.717) is 12.5 Å². The second-order valence-electron chi connectivity index (χ2n) is 4.66. The monoisotopic (exact) mass is 239 g/mol. The normalized spacial score (nSPS) is 13.0. The molecule has 1 atom stereocenters. The Labute approximate surface area is 103 Å². The van der Waals surface area contributed by atoms with E-state index in [0.717, 1.165) is 31.1 Å². The Bertz CT molecular complexity index is 334. The lowest BCUT2D eigenvalue weighted by atomic mass is 10.1. The van der Waals surface area contributed by atoms with E-state index in [1.54, 1.807) is 6.07 Å². The van der Waals surface area contributed by atoms with E-state index in [2.05, 4.69) is 25.7 Å². The zero-order chi connectivity index (χ0) is 12.8. The van der Waals surface area contributed by atoms with Crippen molar-refractivity contribution in [2.75, 3.05) is 13.1 Å². The number of aromatic hydroxyl groups is 1. The van der Waals surface area contributed by atoms with Gasteiger partial charge in [0.05, 0.1) is 0 Å². The largest absolute Gasteiger partial charge is 0.508 e. The van der Waals surface area contributed by atoms with E-state index in [1.165, 1.54) is 6.07 Å². The highest BCUT2D eigenvalue weighted by molar-refractivity contribution is 5.28. The fourth-order valence-electron chi connectivity index (χ4n) is 1.86. The molecule has 0 heterocycles. The Hall–Kier alpha value is -1.09. The lowest BCUT2D eigenvalue weighted by Gasteiger charge is -2.23. The molecule has 0 aromatic heterocycles. The summed E-state index contributed by atoms with van der Waals surface area (Å²) in [5, 5.41) is 9.35. The summed E-state index contributed by atoms with van der Waals surface area (Å²) in [6, 6.07) is 4.25. The molecule has 1 rings (SSSR count). The van der Waals surface area contributed by atoms with Crippen molar-refractivity contribution in [2.45, 2.75) is 33.7 Å². The molecule has 0 aliphatic heterocycles. The maximum atomic E-state index is 13.1. The first-order chi connectivity index (χ1) is 8.05. The lowest BCUT2D eigenvalue weighted by molar-refractivity contribution is 0.237. The average Bonchev–Trinajstić information content (AvgIpc) is 2.26. The van der Waals surface area contributed by atoms with Crippen LogP contribution < -0.4 is 0 Å². The van der Waals surface area contributed by atoms with Gasteiger partial charge in [0.2, 0.25) is 0 Å². The zero-order valence-corrected chi connectivity index (χ0v) is 10.9. The number of phenolic OH excluding ortho intramolecular Hbond substituents is 1. The van der Waals surface area contributed by atoms with Gasteiger partial charge in [0.15, 0.2) is 0 Å². The molecule has 1 aromatic rings. The van der Waals surface area contributed by atoms with Gasteiger partial charge in [-0.05, 0) is 30.2 Å². The average molecular weight is 239 g/mol. The molecule has 0 fully saturated rings. The van der Waals surface area contributed by atoms with Gasteiger partial charge in [-0.1, -0.05) is 27.2 Å². The minimum absolute atomic E-state index is 0.000377. The number of hydrogen-bond donors (Lipinski definition) is 1. The van der Waals surface area contributed by atoms with E-state index >= 15 is 0 Å². The van der Waals surface area contributed by atoms with Crippen LogP contribution in [0.3, 0.4) is 0 Å². The molecule has 1 unspecified atom stereocenters. The van der Waals surface area contributed by atoms with Gasteiger partial charge in [-0.25, -0.2) is 4.39 Å². The number of halogens is 1. The zero-order valence-electron chi connectivity index (χ0n) is 10.9. The summed E-state index contributed by atoms with van der Waals surface area (Å²) < 4.78 is 13.1. The van der Waals surface area contributed by atoms with Gasteiger partial charge in [0.1, 0.15) is 11.6 Å². The molecule has 0 bridgehead atoms. The second kappa shape index (κ2) is 6.60. The first kappa shape index (κ1) is 14.0. The molecule has 3 heteroatoms. The molecule has 0 saturated heterocycles. The molecule has 0 spiro atoms. The third-order valence-electron chi connectivity index (χ3n) is 3.06. The first-order valence-electron chi connectivity index (χ1n) is 6.25. The Morgan fingerprint density at radius 2 is 2.00 bits per heavy atom. The van der Waals surface area contributed by atoms with Gasteiger partial charge in [0, 0.05) is 19.2 Å². The maximum absolute atomic E-state index is 13.1. The minimum Gasteiger partial charge on any atom is -0.508 e. The maximum Gasteiger partial charge on any atom is 0.127 e. The minimum atomic E-state index is -0.375. The van der Waals surface area contributed by atoms with Crippen LogP contribution in [-0.4, -0.2) is 23.1 Å². The lowest BCUT2D eigenvalue weighted by Crippen LogP contribution is -2.27. The van der Waals surface area contributed by atoms with Crippen molar-refractivity contribution in [3.63, 3.8) is 0 Å². The predicted octanol–water partition coefficient (Wildman–Crippen LogP) is 3.40. The highest BCUT2D eigenvalue weighted by Crippen LogP contribution is 2.17. The summed E-state index contributed by atoms with van der Waals surface area (Å²) in [5.41, 5.74) is 0.827. The molecular weight excluding hydrogens is 217 g/mol. The van der Waals surface area contributed by atoms with Crippen LogP contribution in [0.1, 0.15) is 32.8 Å². The molecule has 0 aliphatic carbocycles. The third kappa shape index (κ3) is 4.73. The van der Waals surface area contributed by atoms with Gasteiger partial charge in [0.25, 0.3) is 0 Å². The molecule has 0 radical (unpaired) electrons. The Kier molecular flexibility index (Phi) is 5.42. The Morgan fingerprint density at radius 3 is 2.53 bits per heavy atom. The van der Waals surface area contributed by atoms with Gasteiger partial charge < -0.3 is 5.11 Å². The SMILES string of the molecule is CCC(C)CN(CC)Cc1cc(O)cc(F)c1. The highest BCUT2D eigenvalue weighted by atomic mass is 19.1. The Morgan fingerprint density at radius 1 is 1.29 bits per heavy atom. The number of rotatable bonds is 6. The second-order valence-corrected chi connectivity index (χ2v) is 4.66. The topological polar surface area (TPSA) is 23.5 Å². The van der Waals surface area contributed by atoms with E-state index in [1.807, 2.05) is 0 Å². The third-order valence-corrected chi connectivity index (χ3v) is 3.06. The molecule has 0 saturated carbocycles. The fraction of sp³-hybridized carbons (Fsp3) is 0.571. The van der Waals surface area contributed by atoms with Crippen LogP contribution in [0.2, 0.25) is 0 Å². The van der Waals surface area contributed by atoms with Gasteiger partial charge in [-0.15, -0.1) is 0 Å². The fourth-order valence-corrected chi connectivity index (χ4v) is 1.86. The van der Waals surface area contributed by atoms with Crippen LogP contribution in [0.5, 0.6) is 5.75 Å². The van der Waals surface area contributed by atoms with Crippen molar-refractivity contribution in [1.82, 2.24) is 4.90 Å². The molecule has 17 heavy (non-hydrogen) atoms. The number of hydrogen-bond acceptors (Lipinski definition) is 2. The van der Waals surface area contributed by atoms with Crippen LogP contribution in [0, 0.1) is 11.7 Å². The van der Waals surface area contributed by atoms with Crippen LogP contribution in [0.15, 0.2) is 18.2 Å². The van der Waals surface area contributed by atoms with Gasteiger partial charge in [-0.3, -0.25) is 4.90 Å². The van der Waals surface area contributed by atoms with Gasteiger partial charge in [-0.2, -0.15) is 0 Å². The molecule has 1 N–H and O–H groups in total. The van der Waals surface area contributed by atoms with Crippen LogP contribution in [0.25, 0.3) is 0 Å². The smallest absolute Gasteiger partial charge is 0.127 e.